The zero-order valence-electron chi connectivity index (χ0n) is 18.6. The van der Waals surface area contributed by atoms with Gasteiger partial charge in [-0.3, -0.25) is 0 Å². The van der Waals surface area contributed by atoms with Crippen LogP contribution >= 0.6 is 0 Å². The molecule has 0 atom stereocenters. The van der Waals surface area contributed by atoms with Crippen LogP contribution in [-0.4, -0.2) is 54.4 Å². The number of para-hydroxylation sites is 2. The van der Waals surface area contributed by atoms with Gasteiger partial charge in [-0.2, -0.15) is 4.52 Å². The summed E-state index contributed by atoms with van der Waals surface area (Å²) in [5, 5.41) is 8.84. The van der Waals surface area contributed by atoms with Crippen molar-refractivity contribution in [1.82, 2.24) is 19.8 Å². The van der Waals surface area contributed by atoms with Crippen molar-refractivity contribution in [1.29, 1.82) is 0 Å². The number of fused-ring (bicyclic) bond motifs is 3. The number of halogens is 1. The van der Waals surface area contributed by atoms with E-state index in [4.69, 9.17) is 4.98 Å². The van der Waals surface area contributed by atoms with Crippen molar-refractivity contribution in [3.63, 3.8) is 0 Å². The molecular formula is C25H21FN6O2S. The summed E-state index contributed by atoms with van der Waals surface area (Å²) in [6.45, 7) is 2.41. The Balaban J connectivity index is 1.43. The molecule has 1 aliphatic heterocycles. The Bertz CT molecular complexity index is 1650. The summed E-state index contributed by atoms with van der Waals surface area (Å²) in [6.07, 6.45) is 0. The van der Waals surface area contributed by atoms with Gasteiger partial charge in [0.1, 0.15) is 11.6 Å². The topological polar surface area (TPSA) is 83.7 Å². The second-order valence-electron chi connectivity index (χ2n) is 8.32. The molecule has 0 saturated carbocycles. The molecular weight excluding hydrogens is 467 g/mol. The Hall–Kier alpha value is -4.05. The van der Waals surface area contributed by atoms with Gasteiger partial charge in [0.15, 0.2) is 5.65 Å². The highest BCUT2D eigenvalue weighted by molar-refractivity contribution is 7.91. The van der Waals surface area contributed by atoms with Gasteiger partial charge in [-0.05, 0) is 36.4 Å². The van der Waals surface area contributed by atoms with Gasteiger partial charge in [0.2, 0.25) is 14.9 Å². The van der Waals surface area contributed by atoms with E-state index in [0.29, 0.717) is 43.2 Å². The molecule has 1 aliphatic rings. The third kappa shape index (κ3) is 3.57. The number of hydrogen-bond acceptors (Lipinski definition) is 7. The molecule has 10 heteroatoms. The lowest BCUT2D eigenvalue weighted by atomic mass is 10.2. The number of hydrogen-bond donors (Lipinski definition) is 0. The molecule has 0 amide bonds. The first-order valence-electron chi connectivity index (χ1n) is 11.2. The van der Waals surface area contributed by atoms with Crippen molar-refractivity contribution in [2.45, 2.75) is 9.92 Å². The molecule has 1 saturated heterocycles. The minimum Gasteiger partial charge on any atom is -0.366 e. The molecule has 0 spiro atoms. The molecule has 0 bridgehead atoms. The number of anilines is 2. The molecule has 5 aromatic rings. The number of rotatable bonds is 4. The number of piperazine rings is 1. The van der Waals surface area contributed by atoms with Crippen LogP contribution in [0.3, 0.4) is 0 Å². The van der Waals surface area contributed by atoms with Crippen LogP contribution in [0.1, 0.15) is 0 Å². The fourth-order valence-corrected chi connectivity index (χ4v) is 5.78. The third-order valence-electron chi connectivity index (χ3n) is 6.28. The SMILES string of the molecule is O=S(=O)(c1ccccc1)c1nnn2c1nc(N1CCN(c3ccccc3F)CC1)c1ccccc12. The molecule has 3 heterocycles. The molecule has 0 radical (unpaired) electrons. The average molecular weight is 489 g/mol. The molecule has 0 N–H and O–H groups in total. The maximum atomic E-state index is 14.3. The molecule has 1 fully saturated rings. The van der Waals surface area contributed by atoms with Crippen LogP contribution in [0.5, 0.6) is 0 Å². The van der Waals surface area contributed by atoms with Crippen LogP contribution in [0, 0.1) is 5.82 Å². The first-order valence-corrected chi connectivity index (χ1v) is 12.7. The van der Waals surface area contributed by atoms with E-state index in [-0.39, 0.29) is 21.4 Å². The van der Waals surface area contributed by atoms with Crippen LogP contribution in [0.2, 0.25) is 0 Å². The van der Waals surface area contributed by atoms with E-state index in [0.717, 1.165) is 5.39 Å². The number of nitrogens with zero attached hydrogens (tertiary/aromatic N) is 6. The first-order chi connectivity index (χ1) is 17.0. The molecule has 3 aromatic carbocycles. The van der Waals surface area contributed by atoms with Crippen molar-refractivity contribution in [2.75, 3.05) is 36.0 Å². The van der Waals surface area contributed by atoms with Crippen molar-refractivity contribution >= 4 is 37.9 Å². The van der Waals surface area contributed by atoms with E-state index in [1.54, 1.807) is 30.3 Å². The van der Waals surface area contributed by atoms with Gasteiger partial charge in [0.25, 0.3) is 0 Å². The van der Waals surface area contributed by atoms with E-state index in [9.17, 15) is 12.8 Å². The zero-order chi connectivity index (χ0) is 24.0. The van der Waals surface area contributed by atoms with E-state index >= 15 is 0 Å². The molecule has 6 rings (SSSR count). The van der Waals surface area contributed by atoms with Gasteiger partial charge in [0.05, 0.1) is 16.1 Å². The Kier molecular flexibility index (Phi) is 5.10. The van der Waals surface area contributed by atoms with Crippen molar-refractivity contribution < 1.29 is 12.8 Å². The van der Waals surface area contributed by atoms with Crippen LogP contribution in [0.25, 0.3) is 16.6 Å². The van der Waals surface area contributed by atoms with Crippen LogP contribution in [-0.2, 0) is 9.84 Å². The second-order valence-corrected chi connectivity index (χ2v) is 10.2. The van der Waals surface area contributed by atoms with Gasteiger partial charge in [-0.15, -0.1) is 5.10 Å². The van der Waals surface area contributed by atoms with Gasteiger partial charge < -0.3 is 9.80 Å². The summed E-state index contributed by atoms with van der Waals surface area (Å²) in [5.41, 5.74) is 1.47. The number of aromatic nitrogens is 4. The van der Waals surface area contributed by atoms with Crippen molar-refractivity contribution in [3.05, 3.63) is 84.7 Å². The van der Waals surface area contributed by atoms with E-state index < -0.39 is 9.84 Å². The lowest BCUT2D eigenvalue weighted by Crippen LogP contribution is -2.47. The quantitative estimate of drug-likeness (QED) is 0.382. The highest BCUT2D eigenvalue weighted by Gasteiger charge is 2.29. The van der Waals surface area contributed by atoms with E-state index in [2.05, 4.69) is 15.2 Å². The Morgan fingerprint density at radius 3 is 2.20 bits per heavy atom. The monoisotopic (exact) mass is 488 g/mol. The highest BCUT2D eigenvalue weighted by Crippen LogP contribution is 2.31. The minimum atomic E-state index is -3.91. The summed E-state index contributed by atoms with van der Waals surface area (Å²) in [7, 11) is -3.91. The molecule has 35 heavy (non-hydrogen) atoms. The van der Waals surface area contributed by atoms with Gasteiger partial charge in [-0.1, -0.05) is 47.7 Å². The van der Waals surface area contributed by atoms with Gasteiger partial charge >= 0.3 is 0 Å². The Labute approximate surface area is 201 Å². The first kappa shape index (κ1) is 21.5. The largest absolute Gasteiger partial charge is 0.366 e. The third-order valence-corrected chi connectivity index (χ3v) is 7.95. The zero-order valence-corrected chi connectivity index (χ0v) is 19.4. The van der Waals surface area contributed by atoms with Gasteiger partial charge in [-0.25, -0.2) is 17.8 Å². The van der Waals surface area contributed by atoms with E-state index in [1.165, 1.54) is 22.7 Å². The van der Waals surface area contributed by atoms with Crippen LogP contribution in [0.15, 0.2) is 88.8 Å². The summed E-state index contributed by atoms with van der Waals surface area (Å²) < 4.78 is 42.5. The molecule has 0 aliphatic carbocycles. The maximum Gasteiger partial charge on any atom is 0.229 e. The minimum absolute atomic E-state index is 0.136. The smallest absolute Gasteiger partial charge is 0.229 e. The molecule has 8 nitrogen and oxygen atoms in total. The normalized spacial score (nSPS) is 14.7. The van der Waals surface area contributed by atoms with Crippen LogP contribution in [0.4, 0.5) is 15.9 Å². The fraction of sp³-hybridized carbons (Fsp3) is 0.160. The lowest BCUT2D eigenvalue weighted by Gasteiger charge is -2.37. The maximum absolute atomic E-state index is 14.3. The van der Waals surface area contributed by atoms with Crippen molar-refractivity contribution in [3.8, 4) is 0 Å². The predicted molar refractivity (Wildman–Crippen MR) is 131 cm³/mol. The lowest BCUT2D eigenvalue weighted by molar-refractivity contribution is 0.592. The highest BCUT2D eigenvalue weighted by atomic mass is 32.2. The van der Waals surface area contributed by atoms with Crippen molar-refractivity contribution in [2.24, 2.45) is 0 Å². The Morgan fingerprint density at radius 2 is 1.43 bits per heavy atom. The van der Waals surface area contributed by atoms with Crippen LogP contribution < -0.4 is 9.80 Å². The molecule has 2 aromatic heterocycles. The summed E-state index contributed by atoms with van der Waals surface area (Å²) >= 11 is 0. The predicted octanol–water partition coefficient (Wildman–Crippen LogP) is 3.58. The molecule has 176 valence electrons. The summed E-state index contributed by atoms with van der Waals surface area (Å²) in [5.74, 6) is 0.417. The number of benzene rings is 3. The summed E-state index contributed by atoms with van der Waals surface area (Å²) in [4.78, 5) is 9.04. The van der Waals surface area contributed by atoms with E-state index in [1.807, 2.05) is 35.2 Å². The Morgan fingerprint density at radius 1 is 0.771 bits per heavy atom. The fourth-order valence-electron chi connectivity index (χ4n) is 4.52. The standard InChI is InChI=1S/C25H21FN6O2S/c26-20-11-5-7-13-22(20)30-14-16-31(17-15-30)23-19-10-4-6-12-21(19)32-24(27-23)25(28-29-32)35(33,34)18-8-2-1-3-9-18/h1-13H,14-17H2. The number of sulfone groups is 1. The average Bonchev–Trinajstić information content (AvgIpc) is 3.34. The summed E-state index contributed by atoms with van der Waals surface area (Å²) in [6, 6.07) is 22.5. The second kappa shape index (κ2) is 8.31. The molecule has 0 unspecified atom stereocenters. The van der Waals surface area contributed by atoms with Gasteiger partial charge in [0, 0.05) is 31.6 Å².